The van der Waals surface area contributed by atoms with Crippen LogP contribution in [-0.4, -0.2) is 19.6 Å². The number of nitrogens with one attached hydrogen (secondary N) is 1. The summed E-state index contributed by atoms with van der Waals surface area (Å²) in [5.74, 6) is -0.136. The molecule has 1 heterocycles. The lowest BCUT2D eigenvalue weighted by Crippen LogP contribution is -2.16. The molecule has 0 saturated heterocycles. The van der Waals surface area contributed by atoms with E-state index in [1.165, 1.54) is 18.2 Å². The first-order valence-corrected chi connectivity index (χ1v) is 5.97. The summed E-state index contributed by atoms with van der Waals surface area (Å²) in [6.07, 6.45) is 1.32. The number of ether oxygens (including phenoxy) is 1. The van der Waals surface area contributed by atoms with Crippen molar-refractivity contribution in [3.8, 4) is 0 Å². The molecule has 0 atom stereocenters. The maximum atomic E-state index is 10.8. The lowest BCUT2D eigenvalue weighted by molar-refractivity contribution is -0.140. The Kier molecular flexibility index (Phi) is 5.36. The molecule has 0 fully saturated rings. The summed E-state index contributed by atoms with van der Waals surface area (Å²) in [6.45, 7) is 3.85. The molecule has 1 N–H and O–H groups in total. The van der Waals surface area contributed by atoms with E-state index in [1.807, 2.05) is 0 Å². The third-order valence-corrected chi connectivity index (χ3v) is 3.15. The average Bonchev–Trinajstić information content (AvgIpc) is 2.63. The van der Waals surface area contributed by atoms with Gasteiger partial charge in [-0.05, 0) is 41.8 Å². The summed E-state index contributed by atoms with van der Waals surface area (Å²) < 4.78 is 4.56. The molecule has 1 aromatic rings. The highest BCUT2D eigenvalue weighted by atomic mass is 32.1. The molecule has 0 unspecified atom stereocenters. The van der Waals surface area contributed by atoms with Crippen LogP contribution >= 0.6 is 11.3 Å². The predicted octanol–water partition coefficient (Wildman–Crippen LogP) is 2.10. The molecule has 84 valence electrons. The molecule has 3 nitrogen and oxygen atoms in total. The van der Waals surface area contributed by atoms with Crippen molar-refractivity contribution in [2.75, 3.05) is 13.7 Å². The van der Waals surface area contributed by atoms with E-state index in [0.717, 1.165) is 19.5 Å². The molecule has 0 radical (unpaired) electrons. The van der Waals surface area contributed by atoms with Crippen LogP contribution in [-0.2, 0) is 16.1 Å². The van der Waals surface area contributed by atoms with Crippen LogP contribution in [0, 0.1) is 6.92 Å². The van der Waals surface area contributed by atoms with Gasteiger partial charge in [-0.25, -0.2) is 0 Å². The average molecular weight is 227 g/mol. The molecule has 0 aliphatic rings. The molecule has 0 amide bonds. The lowest BCUT2D eigenvalue weighted by Gasteiger charge is -2.03. The minimum absolute atomic E-state index is 0.136. The standard InChI is InChI=1S/C11H17NO2S/c1-9-7-15-8-10(9)6-12-5-3-4-11(13)14-2/h7-8,12H,3-6H2,1-2H3. The number of methoxy groups -OCH3 is 1. The Morgan fingerprint density at radius 3 is 2.93 bits per heavy atom. The number of thiophene rings is 1. The van der Waals surface area contributed by atoms with Gasteiger partial charge in [0.1, 0.15) is 0 Å². The van der Waals surface area contributed by atoms with Crippen molar-refractivity contribution >= 4 is 17.3 Å². The van der Waals surface area contributed by atoms with Gasteiger partial charge in [0, 0.05) is 13.0 Å². The normalized spacial score (nSPS) is 10.3. The van der Waals surface area contributed by atoms with Gasteiger partial charge in [0.05, 0.1) is 7.11 Å². The van der Waals surface area contributed by atoms with Gasteiger partial charge in [0.25, 0.3) is 0 Å². The topological polar surface area (TPSA) is 38.3 Å². The molecular formula is C11H17NO2S. The largest absolute Gasteiger partial charge is 0.469 e. The summed E-state index contributed by atoms with van der Waals surface area (Å²) in [6, 6.07) is 0. The van der Waals surface area contributed by atoms with Crippen LogP contribution in [0.25, 0.3) is 0 Å². The molecule has 4 heteroatoms. The Morgan fingerprint density at radius 1 is 1.53 bits per heavy atom. The van der Waals surface area contributed by atoms with E-state index in [-0.39, 0.29) is 5.97 Å². The van der Waals surface area contributed by atoms with Crippen LogP contribution in [0.2, 0.25) is 0 Å². The molecule has 0 saturated carbocycles. The monoisotopic (exact) mass is 227 g/mol. The second-order valence-corrected chi connectivity index (χ2v) is 4.18. The van der Waals surface area contributed by atoms with E-state index >= 15 is 0 Å². The minimum atomic E-state index is -0.136. The Morgan fingerprint density at radius 2 is 2.33 bits per heavy atom. The van der Waals surface area contributed by atoms with Gasteiger partial charge in [-0.2, -0.15) is 11.3 Å². The molecule has 15 heavy (non-hydrogen) atoms. The van der Waals surface area contributed by atoms with Crippen molar-refractivity contribution in [3.05, 3.63) is 21.9 Å². The smallest absolute Gasteiger partial charge is 0.305 e. The number of hydrogen-bond donors (Lipinski definition) is 1. The van der Waals surface area contributed by atoms with Crippen LogP contribution < -0.4 is 5.32 Å². The van der Waals surface area contributed by atoms with Gasteiger partial charge < -0.3 is 10.1 Å². The summed E-state index contributed by atoms with van der Waals surface area (Å²) in [5.41, 5.74) is 2.68. The zero-order valence-corrected chi connectivity index (χ0v) is 10.0. The third kappa shape index (κ3) is 4.44. The van der Waals surface area contributed by atoms with Crippen LogP contribution in [0.4, 0.5) is 0 Å². The fourth-order valence-corrected chi connectivity index (χ4v) is 2.11. The number of carbonyl (C=O) groups excluding carboxylic acids is 1. The van der Waals surface area contributed by atoms with Crippen molar-refractivity contribution in [1.82, 2.24) is 5.32 Å². The fourth-order valence-electron chi connectivity index (χ4n) is 1.25. The van der Waals surface area contributed by atoms with Crippen molar-refractivity contribution < 1.29 is 9.53 Å². The maximum Gasteiger partial charge on any atom is 0.305 e. The van der Waals surface area contributed by atoms with Gasteiger partial charge in [0.2, 0.25) is 0 Å². The SMILES string of the molecule is COC(=O)CCCNCc1cscc1C. The van der Waals surface area contributed by atoms with Crippen LogP contribution in [0.1, 0.15) is 24.0 Å². The number of rotatable bonds is 6. The molecular weight excluding hydrogens is 210 g/mol. The van der Waals surface area contributed by atoms with Crippen molar-refractivity contribution in [3.63, 3.8) is 0 Å². The quantitative estimate of drug-likeness (QED) is 0.597. The zero-order chi connectivity index (χ0) is 11.1. The lowest BCUT2D eigenvalue weighted by atomic mass is 10.2. The van der Waals surface area contributed by atoms with Crippen LogP contribution in [0.3, 0.4) is 0 Å². The maximum absolute atomic E-state index is 10.8. The molecule has 1 rings (SSSR count). The summed E-state index contributed by atoms with van der Waals surface area (Å²) >= 11 is 1.72. The Balaban J connectivity index is 2.07. The summed E-state index contributed by atoms with van der Waals surface area (Å²) in [4.78, 5) is 10.8. The van der Waals surface area contributed by atoms with Crippen molar-refractivity contribution in [1.29, 1.82) is 0 Å². The van der Waals surface area contributed by atoms with Crippen LogP contribution in [0.5, 0.6) is 0 Å². The van der Waals surface area contributed by atoms with Crippen molar-refractivity contribution in [2.24, 2.45) is 0 Å². The van der Waals surface area contributed by atoms with Gasteiger partial charge >= 0.3 is 5.97 Å². The summed E-state index contributed by atoms with van der Waals surface area (Å²) in [7, 11) is 1.42. The number of aryl methyl sites for hydroxylation is 1. The van der Waals surface area contributed by atoms with E-state index in [0.29, 0.717) is 6.42 Å². The number of esters is 1. The highest BCUT2D eigenvalue weighted by molar-refractivity contribution is 7.08. The first-order valence-electron chi connectivity index (χ1n) is 5.03. The fraction of sp³-hybridized carbons (Fsp3) is 0.545. The molecule has 0 aliphatic heterocycles. The van der Waals surface area contributed by atoms with Gasteiger partial charge in [0.15, 0.2) is 0 Å². The first kappa shape index (κ1) is 12.2. The van der Waals surface area contributed by atoms with Gasteiger partial charge in [-0.1, -0.05) is 0 Å². The zero-order valence-electron chi connectivity index (χ0n) is 9.21. The molecule has 0 bridgehead atoms. The predicted molar refractivity (Wildman–Crippen MR) is 62.0 cm³/mol. The van der Waals surface area contributed by atoms with Gasteiger partial charge in [-0.3, -0.25) is 4.79 Å². The second kappa shape index (κ2) is 6.58. The highest BCUT2D eigenvalue weighted by Crippen LogP contribution is 2.12. The first-order chi connectivity index (χ1) is 7.24. The Hall–Kier alpha value is -0.870. The van der Waals surface area contributed by atoms with E-state index in [2.05, 4.69) is 27.7 Å². The van der Waals surface area contributed by atoms with E-state index in [9.17, 15) is 4.79 Å². The third-order valence-electron chi connectivity index (χ3n) is 2.24. The van der Waals surface area contributed by atoms with Crippen molar-refractivity contribution in [2.45, 2.75) is 26.3 Å². The highest BCUT2D eigenvalue weighted by Gasteiger charge is 2.00. The summed E-state index contributed by atoms with van der Waals surface area (Å²) in [5, 5.41) is 7.61. The van der Waals surface area contributed by atoms with E-state index in [1.54, 1.807) is 11.3 Å². The van der Waals surface area contributed by atoms with E-state index in [4.69, 9.17) is 0 Å². The molecule has 1 aromatic heterocycles. The Bertz CT molecular complexity index is 309. The van der Waals surface area contributed by atoms with E-state index < -0.39 is 0 Å². The molecule has 0 aromatic carbocycles. The van der Waals surface area contributed by atoms with Crippen LogP contribution in [0.15, 0.2) is 10.8 Å². The minimum Gasteiger partial charge on any atom is -0.469 e. The number of carbonyl (C=O) groups is 1. The number of hydrogen-bond acceptors (Lipinski definition) is 4. The molecule has 0 aliphatic carbocycles. The Labute approximate surface area is 94.5 Å². The van der Waals surface area contributed by atoms with Gasteiger partial charge in [-0.15, -0.1) is 0 Å². The second-order valence-electron chi connectivity index (χ2n) is 3.44. The molecule has 0 spiro atoms.